The molecule has 5 heteroatoms. The smallest absolute Gasteiger partial charge is 0.146 e. The van der Waals surface area contributed by atoms with Gasteiger partial charge in [-0.3, -0.25) is 0 Å². The average Bonchev–Trinajstić information content (AvgIpc) is 2.41. The molecule has 0 heterocycles. The molecule has 20 heavy (non-hydrogen) atoms. The Morgan fingerprint density at radius 2 is 2.15 bits per heavy atom. The molecule has 108 valence electrons. The minimum atomic E-state index is -0.749. The monoisotopic (exact) mass is 277 g/mol. The Labute approximate surface area is 118 Å². The van der Waals surface area contributed by atoms with Crippen molar-refractivity contribution in [2.75, 3.05) is 17.6 Å². The molecule has 0 amide bonds. The summed E-state index contributed by atoms with van der Waals surface area (Å²) < 4.78 is 13.8. The van der Waals surface area contributed by atoms with Gasteiger partial charge in [0.2, 0.25) is 0 Å². The number of nitrogens with one attached hydrogen (secondary N) is 1. The Balaban J connectivity index is 0.000000956. The van der Waals surface area contributed by atoms with Gasteiger partial charge in [0.1, 0.15) is 17.4 Å². The van der Waals surface area contributed by atoms with E-state index >= 15 is 0 Å². The highest BCUT2D eigenvalue weighted by Gasteiger charge is 2.34. The van der Waals surface area contributed by atoms with Crippen LogP contribution in [0.4, 0.5) is 15.8 Å². The van der Waals surface area contributed by atoms with Gasteiger partial charge >= 0.3 is 0 Å². The van der Waals surface area contributed by atoms with Crippen LogP contribution in [0, 0.1) is 24.1 Å². The predicted molar refractivity (Wildman–Crippen MR) is 78.8 cm³/mol. The third kappa shape index (κ3) is 3.09. The molecular formula is C15H20FN3O. The lowest BCUT2D eigenvalue weighted by Gasteiger charge is -2.37. The summed E-state index contributed by atoms with van der Waals surface area (Å²) in [5.74, 6) is -0.560. The summed E-state index contributed by atoms with van der Waals surface area (Å²) >= 11 is 0. The third-order valence-corrected chi connectivity index (χ3v) is 3.47. The molecule has 1 saturated carbocycles. The molecule has 0 radical (unpaired) electrons. The zero-order valence-electron chi connectivity index (χ0n) is 11.7. The zero-order valence-corrected chi connectivity index (χ0v) is 11.7. The van der Waals surface area contributed by atoms with Crippen molar-refractivity contribution in [2.45, 2.75) is 31.8 Å². The van der Waals surface area contributed by atoms with E-state index in [1.807, 2.05) is 6.07 Å². The number of nitriles is 1. The minimum absolute atomic E-state index is 0.0876. The molecule has 0 saturated heterocycles. The van der Waals surface area contributed by atoms with E-state index in [4.69, 9.17) is 11.0 Å². The number of hydrogen-bond acceptors (Lipinski definition) is 4. The number of benzene rings is 1. The Kier molecular flexibility index (Phi) is 5.12. The first kappa shape index (κ1) is 16.0. The maximum absolute atomic E-state index is 13.8. The van der Waals surface area contributed by atoms with Crippen LogP contribution in [0.5, 0.6) is 0 Å². The van der Waals surface area contributed by atoms with Gasteiger partial charge in [0, 0.05) is 6.54 Å². The normalized spacial score (nSPS) is 15.3. The number of nitrogens with two attached hydrogens (primary N) is 1. The van der Waals surface area contributed by atoms with E-state index in [2.05, 4.69) is 18.5 Å². The number of halogens is 1. The van der Waals surface area contributed by atoms with Gasteiger partial charge in [-0.25, -0.2) is 4.39 Å². The molecule has 1 fully saturated rings. The second-order valence-electron chi connectivity index (χ2n) is 4.89. The largest absolute Gasteiger partial charge is 0.397 e. The summed E-state index contributed by atoms with van der Waals surface area (Å²) in [7, 11) is 0. The van der Waals surface area contributed by atoms with Crippen LogP contribution in [0.1, 0.15) is 30.4 Å². The van der Waals surface area contributed by atoms with E-state index in [0.717, 1.165) is 19.3 Å². The highest BCUT2D eigenvalue weighted by Crippen LogP contribution is 2.34. The van der Waals surface area contributed by atoms with E-state index in [-0.39, 0.29) is 17.8 Å². The van der Waals surface area contributed by atoms with Gasteiger partial charge in [-0.2, -0.15) is 5.26 Å². The number of aryl methyl sites for hydroxylation is 1. The maximum atomic E-state index is 13.8. The molecule has 0 aliphatic heterocycles. The number of nitrogens with zero attached hydrogens (tertiary/aromatic N) is 1. The summed E-state index contributed by atoms with van der Waals surface area (Å²) in [6, 6.07) is 3.31. The van der Waals surface area contributed by atoms with Crippen molar-refractivity contribution < 1.29 is 9.50 Å². The zero-order chi connectivity index (χ0) is 15.3. The SMILES string of the molecule is C=C.Cc1cc(N)c(NCC2(O)CCC2)c(C#N)c1F. The second-order valence-corrected chi connectivity index (χ2v) is 4.89. The number of rotatable bonds is 3. The molecular weight excluding hydrogens is 257 g/mol. The lowest BCUT2D eigenvalue weighted by molar-refractivity contribution is -0.0201. The molecule has 0 unspecified atom stereocenters. The first-order valence-electron chi connectivity index (χ1n) is 6.42. The van der Waals surface area contributed by atoms with Crippen LogP contribution in [-0.4, -0.2) is 17.3 Å². The molecule has 2 rings (SSSR count). The van der Waals surface area contributed by atoms with Gasteiger partial charge in [-0.05, 0) is 37.8 Å². The van der Waals surface area contributed by atoms with Gasteiger partial charge in [-0.1, -0.05) is 0 Å². The molecule has 1 aromatic rings. The van der Waals surface area contributed by atoms with Crippen LogP contribution in [0.2, 0.25) is 0 Å². The predicted octanol–water partition coefficient (Wildman–Crippen LogP) is 2.72. The molecule has 0 aromatic heterocycles. The summed E-state index contributed by atoms with van der Waals surface area (Å²) in [4.78, 5) is 0. The van der Waals surface area contributed by atoms with Gasteiger partial charge in [0.05, 0.1) is 17.0 Å². The Morgan fingerprint density at radius 3 is 2.60 bits per heavy atom. The fourth-order valence-corrected chi connectivity index (χ4v) is 2.13. The summed E-state index contributed by atoms with van der Waals surface area (Å²) in [5, 5.41) is 21.9. The fourth-order valence-electron chi connectivity index (χ4n) is 2.13. The summed E-state index contributed by atoms with van der Waals surface area (Å²) in [5.41, 5.74) is 5.91. The van der Waals surface area contributed by atoms with Gasteiger partial charge in [0.25, 0.3) is 0 Å². The van der Waals surface area contributed by atoms with Gasteiger partial charge in [0.15, 0.2) is 0 Å². The number of nitrogen functional groups attached to an aromatic ring is 1. The van der Waals surface area contributed by atoms with Crippen LogP contribution in [-0.2, 0) is 0 Å². The van der Waals surface area contributed by atoms with E-state index in [9.17, 15) is 9.50 Å². The number of anilines is 2. The highest BCUT2D eigenvalue weighted by molar-refractivity contribution is 5.75. The number of aliphatic hydroxyl groups is 1. The van der Waals surface area contributed by atoms with Crippen molar-refractivity contribution in [2.24, 2.45) is 0 Å². The fraction of sp³-hybridized carbons (Fsp3) is 0.400. The Hall–Kier alpha value is -2.06. The van der Waals surface area contributed by atoms with Gasteiger partial charge < -0.3 is 16.2 Å². The van der Waals surface area contributed by atoms with Crippen LogP contribution in [0.25, 0.3) is 0 Å². The van der Waals surface area contributed by atoms with Crippen molar-refractivity contribution in [1.82, 2.24) is 0 Å². The molecule has 4 nitrogen and oxygen atoms in total. The van der Waals surface area contributed by atoms with Crippen molar-refractivity contribution in [3.05, 3.63) is 36.2 Å². The molecule has 1 aliphatic carbocycles. The van der Waals surface area contributed by atoms with Crippen molar-refractivity contribution in [1.29, 1.82) is 5.26 Å². The first-order chi connectivity index (χ1) is 9.47. The Morgan fingerprint density at radius 1 is 1.55 bits per heavy atom. The van der Waals surface area contributed by atoms with Crippen molar-refractivity contribution in [3.63, 3.8) is 0 Å². The van der Waals surface area contributed by atoms with Crippen LogP contribution in [0.15, 0.2) is 19.2 Å². The van der Waals surface area contributed by atoms with Crippen LogP contribution < -0.4 is 11.1 Å². The number of hydrogen-bond donors (Lipinski definition) is 3. The van der Waals surface area contributed by atoms with E-state index in [0.29, 0.717) is 11.3 Å². The maximum Gasteiger partial charge on any atom is 0.146 e. The van der Waals surface area contributed by atoms with Crippen molar-refractivity contribution in [3.8, 4) is 6.07 Å². The topological polar surface area (TPSA) is 82.1 Å². The van der Waals surface area contributed by atoms with E-state index in [1.54, 1.807) is 6.92 Å². The Bertz CT molecular complexity index is 533. The van der Waals surface area contributed by atoms with Crippen LogP contribution in [0.3, 0.4) is 0 Å². The molecule has 4 N–H and O–H groups in total. The minimum Gasteiger partial charge on any atom is -0.397 e. The summed E-state index contributed by atoms with van der Waals surface area (Å²) in [6.45, 7) is 7.85. The second kappa shape index (κ2) is 6.40. The van der Waals surface area contributed by atoms with E-state index in [1.165, 1.54) is 6.07 Å². The average molecular weight is 277 g/mol. The highest BCUT2D eigenvalue weighted by atomic mass is 19.1. The molecule has 1 aromatic carbocycles. The van der Waals surface area contributed by atoms with Crippen LogP contribution >= 0.6 is 0 Å². The summed E-state index contributed by atoms with van der Waals surface area (Å²) in [6.07, 6.45) is 2.42. The van der Waals surface area contributed by atoms with Gasteiger partial charge in [-0.15, -0.1) is 13.2 Å². The standard InChI is InChI=1S/C13H16FN3O.C2H4/c1-8-5-10(16)12(9(6-15)11(8)14)17-7-13(18)3-2-4-13;1-2/h5,17-18H,2-4,7,16H2,1H3;1-2H2. The molecule has 0 atom stereocenters. The molecule has 1 aliphatic rings. The van der Waals surface area contributed by atoms with Crippen molar-refractivity contribution >= 4 is 11.4 Å². The van der Waals surface area contributed by atoms with E-state index < -0.39 is 11.4 Å². The third-order valence-electron chi connectivity index (χ3n) is 3.47. The first-order valence-corrected chi connectivity index (χ1v) is 6.42. The quantitative estimate of drug-likeness (QED) is 0.586. The molecule has 0 bridgehead atoms. The lowest BCUT2D eigenvalue weighted by atomic mass is 9.80. The molecule has 0 spiro atoms. The lowest BCUT2D eigenvalue weighted by Crippen LogP contribution is -2.43.